The predicted molar refractivity (Wildman–Crippen MR) is 113 cm³/mol. The summed E-state index contributed by atoms with van der Waals surface area (Å²) in [5, 5.41) is 6.17. The van der Waals surface area contributed by atoms with Crippen molar-refractivity contribution < 1.29 is 14.3 Å². The van der Waals surface area contributed by atoms with Gasteiger partial charge >= 0.3 is 6.03 Å². The zero-order chi connectivity index (χ0) is 19.6. The first-order valence-corrected chi connectivity index (χ1v) is 9.86. The van der Waals surface area contributed by atoms with E-state index in [1.54, 1.807) is 7.11 Å². The van der Waals surface area contributed by atoms with Crippen molar-refractivity contribution in [2.75, 3.05) is 25.5 Å². The Balaban J connectivity index is 0.00000280. The number of carbonyl (C=O) groups is 2. The smallest absolute Gasteiger partial charge is 0.342 e. The van der Waals surface area contributed by atoms with Crippen molar-refractivity contribution in [1.82, 2.24) is 15.0 Å². The third kappa shape index (κ3) is 4.48. The van der Waals surface area contributed by atoms with Crippen LogP contribution in [-0.2, 0) is 4.79 Å². The van der Waals surface area contributed by atoms with Crippen LogP contribution < -0.4 is 15.8 Å². The number of benzene rings is 1. The fourth-order valence-electron chi connectivity index (χ4n) is 2.96. The maximum Gasteiger partial charge on any atom is 0.342 e. The number of hydrogen-bond acceptors (Lipinski definition) is 6. The molecule has 1 saturated heterocycles. The second-order valence-corrected chi connectivity index (χ2v) is 7.66. The maximum atomic E-state index is 12.7. The highest BCUT2D eigenvalue weighted by Crippen LogP contribution is 2.29. The van der Waals surface area contributed by atoms with Gasteiger partial charge in [0, 0.05) is 13.1 Å². The molecule has 0 radical (unpaired) electrons. The van der Waals surface area contributed by atoms with Crippen molar-refractivity contribution in [3.63, 3.8) is 0 Å². The Kier molecular flexibility index (Phi) is 7.45. The van der Waals surface area contributed by atoms with Crippen LogP contribution in [0.2, 0.25) is 0 Å². The number of methoxy groups -OCH3 is 1. The third-order valence-electron chi connectivity index (χ3n) is 4.87. The van der Waals surface area contributed by atoms with E-state index >= 15 is 0 Å². The zero-order valence-electron chi connectivity index (χ0n) is 16.2. The van der Waals surface area contributed by atoms with Crippen LogP contribution in [0.1, 0.15) is 26.7 Å². The van der Waals surface area contributed by atoms with E-state index in [4.69, 9.17) is 10.5 Å². The number of ether oxygens (including phenoxy) is 1. The van der Waals surface area contributed by atoms with Gasteiger partial charge in [0.05, 0.1) is 23.4 Å². The molecule has 2 atom stereocenters. The highest BCUT2D eigenvalue weighted by molar-refractivity contribution is 7.22. The Morgan fingerprint density at radius 2 is 2.07 bits per heavy atom. The van der Waals surface area contributed by atoms with Crippen molar-refractivity contribution >= 4 is 51.0 Å². The standard InChI is InChI=1S/C18H25N5O3S.ClH/c1-4-11(2)15(19)16(24)22-8-5-9-23(22)18(25)21-17-20-13-7-6-12(26-3)10-14(13)27-17;/h6-7,10-11,15H,4-5,8-9,19H2,1-3H3,(H,20,21,25);1H. The number of amides is 3. The molecule has 154 valence electrons. The van der Waals surface area contributed by atoms with Gasteiger partial charge in [-0.15, -0.1) is 12.4 Å². The second kappa shape index (κ2) is 9.40. The van der Waals surface area contributed by atoms with Crippen molar-refractivity contribution in [3.8, 4) is 5.75 Å². The molecule has 3 amide bonds. The van der Waals surface area contributed by atoms with Crippen LogP contribution in [0, 0.1) is 5.92 Å². The van der Waals surface area contributed by atoms with Crippen molar-refractivity contribution in [2.24, 2.45) is 11.7 Å². The van der Waals surface area contributed by atoms with Gasteiger partial charge in [-0.3, -0.25) is 10.1 Å². The third-order valence-corrected chi connectivity index (χ3v) is 5.81. The first kappa shape index (κ1) is 22.2. The van der Waals surface area contributed by atoms with Gasteiger partial charge in [-0.1, -0.05) is 31.6 Å². The molecule has 10 heteroatoms. The number of aromatic nitrogens is 1. The van der Waals surface area contributed by atoms with Crippen LogP contribution in [0.3, 0.4) is 0 Å². The van der Waals surface area contributed by atoms with Crippen molar-refractivity contribution in [1.29, 1.82) is 0 Å². The summed E-state index contributed by atoms with van der Waals surface area (Å²) in [5.74, 6) is 0.577. The molecule has 1 fully saturated rings. The van der Waals surface area contributed by atoms with Crippen LogP contribution >= 0.6 is 23.7 Å². The van der Waals surface area contributed by atoms with E-state index in [1.807, 2.05) is 32.0 Å². The topological polar surface area (TPSA) is 101 Å². The average molecular weight is 428 g/mol. The molecule has 2 unspecified atom stereocenters. The number of nitrogens with zero attached hydrogens (tertiary/aromatic N) is 3. The van der Waals surface area contributed by atoms with E-state index in [0.29, 0.717) is 18.2 Å². The van der Waals surface area contributed by atoms with Crippen LogP contribution in [0.5, 0.6) is 5.75 Å². The van der Waals surface area contributed by atoms with Gasteiger partial charge in [0.25, 0.3) is 5.91 Å². The van der Waals surface area contributed by atoms with E-state index < -0.39 is 6.04 Å². The average Bonchev–Trinajstić information content (AvgIpc) is 3.31. The lowest BCUT2D eigenvalue weighted by Crippen LogP contribution is -2.53. The van der Waals surface area contributed by atoms with Gasteiger partial charge in [-0.2, -0.15) is 0 Å². The van der Waals surface area contributed by atoms with Gasteiger partial charge in [0.2, 0.25) is 0 Å². The SMILES string of the molecule is CCC(C)C(N)C(=O)N1CCCN1C(=O)Nc1nc2ccc(OC)cc2s1.Cl. The fraction of sp³-hybridized carbons (Fsp3) is 0.500. The molecule has 3 rings (SSSR count). The predicted octanol–water partition coefficient (Wildman–Crippen LogP) is 3.08. The number of hydrogen-bond donors (Lipinski definition) is 2. The van der Waals surface area contributed by atoms with Gasteiger partial charge in [-0.05, 0) is 30.5 Å². The number of rotatable bonds is 5. The van der Waals surface area contributed by atoms with Crippen LogP contribution in [0.4, 0.5) is 9.93 Å². The lowest BCUT2D eigenvalue weighted by Gasteiger charge is -2.31. The fourth-order valence-corrected chi connectivity index (χ4v) is 3.85. The molecule has 2 aromatic rings. The lowest BCUT2D eigenvalue weighted by molar-refractivity contribution is -0.142. The highest BCUT2D eigenvalue weighted by Gasteiger charge is 2.35. The summed E-state index contributed by atoms with van der Waals surface area (Å²) in [5.41, 5.74) is 6.85. The molecule has 2 heterocycles. The van der Waals surface area contributed by atoms with E-state index in [2.05, 4.69) is 10.3 Å². The van der Waals surface area contributed by atoms with Gasteiger partial charge < -0.3 is 10.5 Å². The quantitative estimate of drug-likeness (QED) is 0.763. The van der Waals surface area contributed by atoms with E-state index in [-0.39, 0.29) is 30.3 Å². The number of urea groups is 1. The minimum absolute atomic E-state index is 0. The number of hydrazine groups is 1. The summed E-state index contributed by atoms with van der Waals surface area (Å²) < 4.78 is 6.13. The summed E-state index contributed by atoms with van der Waals surface area (Å²) in [6.45, 7) is 4.91. The number of thiazole rings is 1. The van der Waals surface area contributed by atoms with Crippen molar-refractivity contribution in [2.45, 2.75) is 32.7 Å². The second-order valence-electron chi connectivity index (χ2n) is 6.63. The summed E-state index contributed by atoms with van der Waals surface area (Å²) >= 11 is 1.36. The van der Waals surface area contributed by atoms with Gasteiger partial charge in [-0.25, -0.2) is 19.8 Å². The number of nitrogens with two attached hydrogens (primary N) is 1. The Morgan fingerprint density at radius 1 is 1.36 bits per heavy atom. The zero-order valence-corrected chi connectivity index (χ0v) is 17.8. The molecule has 3 N–H and O–H groups in total. The summed E-state index contributed by atoms with van der Waals surface area (Å²) in [4.78, 5) is 29.8. The molecule has 8 nitrogen and oxygen atoms in total. The van der Waals surface area contributed by atoms with Gasteiger partial charge in [0.1, 0.15) is 5.75 Å². The molecule has 0 saturated carbocycles. The molecule has 1 aliphatic rings. The van der Waals surface area contributed by atoms with Crippen LogP contribution in [0.25, 0.3) is 10.2 Å². The molecule has 1 aromatic carbocycles. The Morgan fingerprint density at radius 3 is 2.75 bits per heavy atom. The van der Waals surface area contributed by atoms with Crippen LogP contribution in [-0.4, -0.2) is 53.2 Å². The Labute approximate surface area is 174 Å². The summed E-state index contributed by atoms with van der Waals surface area (Å²) in [6.07, 6.45) is 1.53. The van der Waals surface area contributed by atoms with Gasteiger partial charge in [0.15, 0.2) is 5.13 Å². The molecular weight excluding hydrogens is 402 g/mol. The van der Waals surface area contributed by atoms with Crippen LogP contribution in [0.15, 0.2) is 18.2 Å². The molecule has 1 aliphatic heterocycles. The maximum absolute atomic E-state index is 12.7. The van der Waals surface area contributed by atoms with E-state index in [9.17, 15) is 9.59 Å². The minimum atomic E-state index is -0.613. The summed E-state index contributed by atoms with van der Waals surface area (Å²) in [6, 6.07) is 4.56. The minimum Gasteiger partial charge on any atom is -0.497 e. The Hall–Kier alpha value is -2.10. The highest BCUT2D eigenvalue weighted by atomic mass is 35.5. The van der Waals surface area contributed by atoms with E-state index in [0.717, 1.165) is 28.8 Å². The molecule has 1 aromatic heterocycles. The van der Waals surface area contributed by atoms with Crippen molar-refractivity contribution in [3.05, 3.63) is 18.2 Å². The number of nitrogens with one attached hydrogen (secondary N) is 1. The van der Waals surface area contributed by atoms with E-state index in [1.165, 1.54) is 21.4 Å². The first-order valence-electron chi connectivity index (χ1n) is 9.04. The lowest BCUT2D eigenvalue weighted by atomic mass is 9.99. The largest absolute Gasteiger partial charge is 0.497 e. The first-order chi connectivity index (χ1) is 12.9. The summed E-state index contributed by atoms with van der Waals surface area (Å²) in [7, 11) is 1.61. The normalized spacial score (nSPS) is 15.9. The molecule has 0 aliphatic carbocycles. The number of anilines is 1. The number of halogens is 1. The molecule has 0 spiro atoms. The number of carbonyl (C=O) groups excluding carboxylic acids is 2. The monoisotopic (exact) mass is 427 g/mol. The molecule has 28 heavy (non-hydrogen) atoms. The Bertz CT molecular complexity index is 846. The molecule has 0 bridgehead atoms. The number of fused-ring (bicyclic) bond motifs is 1. The molecular formula is C18H26ClN5O3S.